The maximum Gasteiger partial charge on any atom is 0.247 e. The first-order chi connectivity index (χ1) is 11.0. The number of benzene rings is 1. The van der Waals surface area contributed by atoms with Gasteiger partial charge in [-0.05, 0) is 30.4 Å². The largest absolute Gasteiger partial charge is 0.474 e. The summed E-state index contributed by atoms with van der Waals surface area (Å²) < 4.78 is 11.4. The number of aryl methyl sites for hydroxylation is 1. The minimum Gasteiger partial charge on any atom is -0.474 e. The van der Waals surface area contributed by atoms with Gasteiger partial charge >= 0.3 is 0 Å². The predicted molar refractivity (Wildman–Crippen MR) is 80.1 cm³/mol. The van der Waals surface area contributed by atoms with Crippen LogP contribution in [0.1, 0.15) is 29.6 Å². The number of fused-ring (bicyclic) bond motifs is 1. The zero-order chi connectivity index (χ0) is 16.2. The number of aromatic nitrogens is 2. The fraction of sp³-hybridized carbons (Fsp3) is 0.294. The average molecular weight is 310 g/mol. The molecule has 0 saturated heterocycles. The van der Waals surface area contributed by atoms with E-state index in [1.807, 2.05) is 6.92 Å². The molecule has 2 atom stereocenters. The molecule has 6 heteroatoms. The lowest BCUT2D eigenvalue weighted by molar-refractivity contribution is -0.117. The third-order valence-electron chi connectivity index (χ3n) is 4.39. The number of ether oxygens (including phenoxy) is 1. The van der Waals surface area contributed by atoms with Crippen molar-refractivity contribution in [2.45, 2.75) is 25.9 Å². The average Bonchev–Trinajstić information content (AvgIpc) is 3.07. The summed E-state index contributed by atoms with van der Waals surface area (Å²) in [4.78, 5) is 24.4. The van der Waals surface area contributed by atoms with Crippen LogP contribution in [0.25, 0.3) is 11.5 Å². The maximum absolute atomic E-state index is 12.8. The molecule has 116 valence electrons. The summed E-state index contributed by atoms with van der Waals surface area (Å²) in [6.45, 7) is 3.57. The van der Waals surface area contributed by atoms with Gasteiger partial charge in [-0.1, -0.05) is 6.92 Å². The molecule has 0 amide bonds. The molecule has 1 aliphatic heterocycles. The van der Waals surface area contributed by atoms with Crippen LogP contribution in [0, 0.1) is 12.8 Å². The quantitative estimate of drug-likeness (QED) is 0.805. The lowest BCUT2D eigenvalue weighted by atomic mass is 9.77. The van der Waals surface area contributed by atoms with Crippen LogP contribution in [0.5, 0.6) is 5.75 Å². The normalized spacial score (nSPS) is 25.7. The molecule has 1 aliphatic carbocycles. The Kier molecular flexibility index (Phi) is 2.78. The van der Waals surface area contributed by atoms with E-state index in [0.717, 1.165) is 0 Å². The lowest BCUT2D eigenvalue weighted by Gasteiger charge is -2.32. The Bertz CT molecular complexity index is 867. The Balaban J connectivity index is 1.77. The van der Waals surface area contributed by atoms with Gasteiger partial charge in [0.2, 0.25) is 17.6 Å². The highest BCUT2D eigenvalue weighted by Gasteiger charge is 2.51. The number of hydrogen-bond acceptors (Lipinski definition) is 6. The molecule has 6 nitrogen and oxygen atoms in total. The van der Waals surface area contributed by atoms with Gasteiger partial charge in [0.25, 0.3) is 0 Å². The van der Waals surface area contributed by atoms with E-state index in [9.17, 15) is 9.59 Å². The second-order valence-corrected chi connectivity index (χ2v) is 5.97. The molecule has 1 aromatic heterocycles. The summed E-state index contributed by atoms with van der Waals surface area (Å²) in [6.07, 6.45) is 3.32. The van der Waals surface area contributed by atoms with Crippen molar-refractivity contribution < 1.29 is 18.7 Å². The van der Waals surface area contributed by atoms with Crippen LogP contribution in [-0.4, -0.2) is 27.4 Å². The summed E-state index contributed by atoms with van der Waals surface area (Å²) in [5.74, 6) is 1.01. The standard InChI is InChI=1S/C17H14N2O4/c1-9-7-12(20)5-6-17(9)15(21)13-4-3-11(8-14(13)23-17)16-19-18-10(2)22-16/h3-6,8-9H,7H2,1-2H3. The predicted octanol–water partition coefficient (Wildman–Crippen LogP) is 2.52. The molecule has 0 N–H and O–H groups in total. The molecule has 1 aromatic carbocycles. The molecule has 0 fully saturated rings. The number of rotatable bonds is 1. The van der Waals surface area contributed by atoms with Crippen molar-refractivity contribution in [2.75, 3.05) is 0 Å². The molecule has 0 saturated carbocycles. The number of carbonyl (C=O) groups excluding carboxylic acids is 2. The van der Waals surface area contributed by atoms with E-state index in [-0.39, 0.29) is 17.5 Å². The van der Waals surface area contributed by atoms with Gasteiger partial charge in [0.1, 0.15) is 5.75 Å². The van der Waals surface area contributed by atoms with Crippen molar-refractivity contribution in [2.24, 2.45) is 5.92 Å². The minimum absolute atomic E-state index is 0.0116. The van der Waals surface area contributed by atoms with Crippen molar-refractivity contribution >= 4 is 11.6 Å². The summed E-state index contributed by atoms with van der Waals surface area (Å²) >= 11 is 0. The van der Waals surface area contributed by atoms with Crippen molar-refractivity contribution in [1.82, 2.24) is 10.2 Å². The summed E-state index contributed by atoms with van der Waals surface area (Å²) in [5.41, 5.74) is 0.119. The zero-order valence-electron chi connectivity index (χ0n) is 12.7. The van der Waals surface area contributed by atoms with E-state index >= 15 is 0 Å². The van der Waals surface area contributed by atoms with Gasteiger partial charge in [-0.3, -0.25) is 9.59 Å². The lowest BCUT2D eigenvalue weighted by Crippen LogP contribution is -2.47. The van der Waals surface area contributed by atoms with Crippen molar-refractivity contribution in [3.8, 4) is 17.2 Å². The summed E-state index contributed by atoms with van der Waals surface area (Å²) in [5, 5.41) is 7.78. The molecule has 1 spiro atoms. The molecule has 0 radical (unpaired) electrons. The number of carbonyl (C=O) groups is 2. The van der Waals surface area contributed by atoms with Crippen LogP contribution in [0.2, 0.25) is 0 Å². The Labute approximate surface area is 132 Å². The van der Waals surface area contributed by atoms with Gasteiger partial charge in [0, 0.05) is 24.8 Å². The smallest absolute Gasteiger partial charge is 0.247 e. The molecule has 0 bridgehead atoms. The zero-order valence-corrected chi connectivity index (χ0v) is 12.7. The molecular formula is C17H14N2O4. The molecule has 2 aliphatic rings. The number of Topliss-reactive ketones (excluding diaryl/α,β-unsaturated/α-hetero) is 1. The van der Waals surface area contributed by atoms with Gasteiger partial charge < -0.3 is 9.15 Å². The van der Waals surface area contributed by atoms with E-state index in [4.69, 9.17) is 9.15 Å². The monoisotopic (exact) mass is 310 g/mol. The first kappa shape index (κ1) is 13.9. The molecule has 2 aromatic rings. The van der Waals surface area contributed by atoms with Crippen LogP contribution >= 0.6 is 0 Å². The van der Waals surface area contributed by atoms with Crippen molar-refractivity contribution in [3.63, 3.8) is 0 Å². The van der Waals surface area contributed by atoms with E-state index < -0.39 is 5.60 Å². The second kappa shape index (κ2) is 4.62. The minimum atomic E-state index is -1.08. The van der Waals surface area contributed by atoms with E-state index in [0.29, 0.717) is 35.1 Å². The van der Waals surface area contributed by atoms with Gasteiger partial charge in [-0.2, -0.15) is 0 Å². The molecule has 2 heterocycles. The third kappa shape index (κ3) is 1.94. The van der Waals surface area contributed by atoms with Crippen molar-refractivity contribution in [1.29, 1.82) is 0 Å². The fourth-order valence-corrected chi connectivity index (χ4v) is 3.12. The Morgan fingerprint density at radius 3 is 2.78 bits per heavy atom. The highest BCUT2D eigenvalue weighted by molar-refractivity contribution is 6.11. The Morgan fingerprint density at radius 1 is 1.26 bits per heavy atom. The molecule has 4 rings (SSSR count). The van der Waals surface area contributed by atoms with Crippen LogP contribution in [0.15, 0.2) is 34.8 Å². The molecule has 23 heavy (non-hydrogen) atoms. The number of ketones is 2. The Morgan fingerprint density at radius 2 is 2.09 bits per heavy atom. The van der Waals surface area contributed by atoms with Crippen LogP contribution < -0.4 is 4.74 Å². The third-order valence-corrected chi connectivity index (χ3v) is 4.39. The summed E-state index contributed by atoms with van der Waals surface area (Å²) in [7, 11) is 0. The maximum atomic E-state index is 12.8. The van der Waals surface area contributed by atoms with Crippen molar-refractivity contribution in [3.05, 3.63) is 41.8 Å². The first-order valence-electron chi connectivity index (χ1n) is 7.40. The number of allylic oxidation sites excluding steroid dienone is 1. The van der Waals surface area contributed by atoms with Gasteiger partial charge in [-0.15, -0.1) is 10.2 Å². The second-order valence-electron chi connectivity index (χ2n) is 5.97. The molecule has 2 unspecified atom stereocenters. The van der Waals surface area contributed by atoms with E-state index in [2.05, 4.69) is 10.2 Å². The Hall–Kier alpha value is -2.76. The highest BCUT2D eigenvalue weighted by Crippen LogP contribution is 2.44. The fourth-order valence-electron chi connectivity index (χ4n) is 3.12. The van der Waals surface area contributed by atoms with Crippen LogP contribution in [0.4, 0.5) is 0 Å². The first-order valence-corrected chi connectivity index (χ1v) is 7.40. The van der Waals surface area contributed by atoms with E-state index in [1.54, 1.807) is 31.2 Å². The van der Waals surface area contributed by atoms with Gasteiger partial charge in [0.15, 0.2) is 11.4 Å². The van der Waals surface area contributed by atoms with Crippen LogP contribution in [-0.2, 0) is 4.79 Å². The SMILES string of the molecule is Cc1nnc(-c2ccc3c(c2)OC2(C=CC(=O)CC2C)C3=O)o1. The van der Waals surface area contributed by atoms with Gasteiger partial charge in [-0.25, -0.2) is 0 Å². The number of hydrogen-bond donors (Lipinski definition) is 0. The molecular weight excluding hydrogens is 296 g/mol. The number of nitrogens with zero attached hydrogens (tertiary/aromatic N) is 2. The highest BCUT2D eigenvalue weighted by atomic mass is 16.5. The summed E-state index contributed by atoms with van der Waals surface area (Å²) in [6, 6.07) is 5.19. The van der Waals surface area contributed by atoms with Crippen LogP contribution in [0.3, 0.4) is 0 Å². The van der Waals surface area contributed by atoms with E-state index in [1.165, 1.54) is 6.08 Å². The topological polar surface area (TPSA) is 82.3 Å². The van der Waals surface area contributed by atoms with Gasteiger partial charge in [0.05, 0.1) is 5.56 Å².